The van der Waals surface area contributed by atoms with Gasteiger partial charge in [-0.15, -0.1) is 0 Å². The van der Waals surface area contributed by atoms with Crippen LogP contribution in [0.3, 0.4) is 0 Å². The number of benzene rings is 8. The molecular formula is C43H30BN. The zero-order chi connectivity index (χ0) is 30.0. The molecule has 0 saturated heterocycles. The summed E-state index contributed by atoms with van der Waals surface area (Å²) in [6.07, 6.45) is 0. The van der Waals surface area contributed by atoms with E-state index in [-0.39, 0.29) is 6.71 Å². The van der Waals surface area contributed by atoms with Crippen molar-refractivity contribution in [2.24, 2.45) is 0 Å². The van der Waals surface area contributed by atoms with Gasteiger partial charge in [-0.3, -0.25) is 0 Å². The molecule has 1 nitrogen and oxygen atoms in total. The summed E-state index contributed by atoms with van der Waals surface area (Å²) >= 11 is 0. The maximum atomic E-state index is 2.53. The Hall–Kier alpha value is -5.34. The Morgan fingerprint density at radius 3 is 1.96 bits per heavy atom. The highest BCUT2D eigenvalue weighted by Crippen LogP contribution is 2.46. The Labute approximate surface area is 263 Å². The number of hydrogen-bond acceptors (Lipinski definition) is 1. The monoisotopic (exact) mass is 571 g/mol. The lowest BCUT2D eigenvalue weighted by atomic mass is 9.37. The van der Waals surface area contributed by atoms with Crippen LogP contribution >= 0.6 is 0 Å². The predicted molar refractivity (Wildman–Crippen MR) is 195 cm³/mol. The van der Waals surface area contributed by atoms with Crippen molar-refractivity contribution in [2.75, 3.05) is 4.90 Å². The number of para-hydroxylation sites is 1. The van der Waals surface area contributed by atoms with Crippen molar-refractivity contribution in [3.63, 3.8) is 0 Å². The summed E-state index contributed by atoms with van der Waals surface area (Å²) in [5, 5.41) is 7.88. The standard InChI is InChI=1S/C43H30BN/c1-25-21-26(2)40(27(3)22-25)31-23-29-16-15-28-18-20-37(34-19-17-30(24-31)41(29)42(28)34)45-38-13-7-6-12-36(38)44-35-11-5-4-9-32(35)33-10-8-14-39(45)43(33)44/h4-24H,1-3H3. The molecule has 0 aromatic heterocycles. The average Bonchev–Trinajstić information content (AvgIpc) is 3.39. The molecule has 2 aliphatic heterocycles. The molecule has 0 bridgehead atoms. The van der Waals surface area contributed by atoms with Crippen LogP contribution in [0.4, 0.5) is 17.1 Å². The first-order valence-corrected chi connectivity index (χ1v) is 16.0. The third kappa shape index (κ3) is 3.29. The van der Waals surface area contributed by atoms with Gasteiger partial charge in [0.25, 0.3) is 0 Å². The zero-order valence-electron chi connectivity index (χ0n) is 25.6. The summed E-state index contributed by atoms with van der Waals surface area (Å²) in [5.74, 6) is 0. The van der Waals surface area contributed by atoms with Crippen LogP contribution < -0.4 is 21.3 Å². The molecule has 2 heterocycles. The summed E-state index contributed by atoms with van der Waals surface area (Å²) in [6.45, 7) is 6.93. The van der Waals surface area contributed by atoms with Crippen molar-refractivity contribution >= 4 is 72.5 Å². The van der Waals surface area contributed by atoms with E-state index in [1.54, 1.807) is 0 Å². The van der Waals surface area contributed by atoms with Crippen LogP contribution in [0, 0.1) is 20.8 Å². The molecule has 0 N–H and O–H groups in total. The quantitative estimate of drug-likeness (QED) is 0.148. The molecule has 0 atom stereocenters. The van der Waals surface area contributed by atoms with Gasteiger partial charge in [0.15, 0.2) is 0 Å². The predicted octanol–water partition coefficient (Wildman–Crippen LogP) is 9.46. The van der Waals surface area contributed by atoms with Crippen LogP contribution in [0.1, 0.15) is 16.7 Å². The molecule has 2 heteroatoms. The van der Waals surface area contributed by atoms with Crippen LogP contribution in [-0.2, 0) is 0 Å². The van der Waals surface area contributed by atoms with Crippen molar-refractivity contribution in [2.45, 2.75) is 20.8 Å². The highest BCUT2D eigenvalue weighted by molar-refractivity contribution is 7.01. The molecule has 2 aliphatic rings. The summed E-state index contributed by atoms with van der Waals surface area (Å²) in [4.78, 5) is 2.53. The molecule has 10 rings (SSSR count). The van der Waals surface area contributed by atoms with Gasteiger partial charge in [-0.05, 0) is 122 Å². The minimum atomic E-state index is 0.256. The molecule has 0 fully saturated rings. The molecule has 0 amide bonds. The maximum absolute atomic E-state index is 2.53. The van der Waals surface area contributed by atoms with E-state index in [1.807, 2.05) is 0 Å². The van der Waals surface area contributed by atoms with Gasteiger partial charge in [0, 0.05) is 16.8 Å². The van der Waals surface area contributed by atoms with Gasteiger partial charge in [-0.25, -0.2) is 0 Å². The second-order valence-electron chi connectivity index (χ2n) is 13.1. The molecular weight excluding hydrogens is 541 g/mol. The molecule has 0 unspecified atom stereocenters. The smallest absolute Gasteiger partial charge is 0.248 e. The Bertz CT molecular complexity index is 2500. The second-order valence-corrected chi connectivity index (χ2v) is 13.1. The van der Waals surface area contributed by atoms with E-state index in [2.05, 4.69) is 153 Å². The third-order valence-electron chi connectivity index (χ3n) is 10.4. The maximum Gasteiger partial charge on any atom is 0.248 e. The molecule has 0 radical (unpaired) electrons. The second kappa shape index (κ2) is 8.86. The van der Waals surface area contributed by atoms with Crippen LogP contribution in [0.25, 0.3) is 54.6 Å². The van der Waals surface area contributed by atoms with Crippen molar-refractivity contribution in [1.29, 1.82) is 0 Å². The Morgan fingerprint density at radius 1 is 0.489 bits per heavy atom. The molecule has 45 heavy (non-hydrogen) atoms. The minimum absolute atomic E-state index is 0.256. The summed E-state index contributed by atoms with van der Waals surface area (Å²) in [7, 11) is 0. The topological polar surface area (TPSA) is 3.24 Å². The number of rotatable bonds is 2. The van der Waals surface area contributed by atoms with Crippen molar-refractivity contribution in [3.05, 3.63) is 144 Å². The van der Waals surface area contributed by atoms with Gasteiger partial charge in [-0.1, -0.05) is 108 Å². The number of nitrogens with zero attached hydrogens (tertiary/aromatic N) is 1. The fourth-order valence-electron chi connectivity index (χ4n) is 8.86. The van der Waals surface area contributed by atoms with E-state index < -0.39 is 0 Å². The number of aryl methyl sites for hydroxylation is 3. The van der Waals surface area contributed by atoms with Crippen LogP contribution in [0.2, 0.25) is 0 Å². The van der Waals surface area contributed by atoms with Crippen LogP contribution in [-0.4, -0.2) is 6.71 Å². The molecule has 0 spiro atoms. The Kier molecular flexibility index (Phi) is 4.93. The van der Waals surface area contributed by atoms with Gasteiger partial charge in [-0.2, -0.15) is 0 Å². The fourth-order valence-corrected chi connectivity index (χ4v) is 8.86. The molecule has 210 valence electrons. The summed E-state index contributed by atoms with van der Waals surface area (Å²) in [5.41, 5.74) is 17.4. The summed E-state index contributed by atoms with van der Waals surface area (Å²) in [6, 6.07) is 48.3. The van der Waals surface area contributed by atoms with Gasteiger partial charge < -0.3 is 4.90 Å². The molecule has 0 saturated carbocycles. The number of anilines is 3. The lowest BCUT2D eigenvalue weighted by Crippen LogP contribution is -2.54. The zero-order valence-corrected chi connectivity index (χ0v) is 25.6. The van der Waals surface area contributed by atoms with Gasteiger partial charge >= 0.3 is 0 Å². The van der Waals surface area contributed by atoms with Gasteiger partial charge in [0.05, 0.1) is 5.69 Å². The van der Waals surface area contributed by atoms with Crippen molar-refractivity contribution < 1.29 is 0 Å². The fraction of sp³-hybridized carbons (Fsp3) is 0.0698. The van der Waals surface area contributed by atoms with Gasteiger partial charge in [0.2, 0.25) is 6.71 Å². The Morgan fingerprint density at radius 2 is 1.13 bits per heavy atom. The van der Waals surface area contributed by atoms with E-state index in [1.165, 1.54) is 105 Å². The average molecular weight is 572 g/mol. The van der Waals surface area contributed by atoms with Crippen molar-refractivity contribution in [1.82, 2.24) is 0 Å². The molecule has 8 aromatic carbocycles. The van der Waals surface area contributed by atoms with E-state index in [0.29, 0.717) is 0 Å². The normalized spacial score (nSPS) is 13.1. The lowest BCUT2D eigenvalue weighted by molar-refractivity contribution is 1.31. The first-order chi connectivity index (χ1) is 22.1. The van der Waals surface area contributed by atoms with Crippen LogP contribution in [0.5, 0.6) is 0 Å². The van der Waals surface area contributed by atoms with Crippen LogP contribution in [0.15, 0.2) is 127 Å². The lowest BCUT2D eigenvalue weighted by Gasteiger charge is -2.36. The molecule has 8 aromatic rings. The number of hydrogen-bond donors (Lipinski definition) is 0. The third-order valence-corrected chi connectivity index (χ3v) is 10.4. The van der Waals surface area contributed by atoms with E-state index in [9.17, 15) is 0 Å². The highest BCUT2D eigenvalue weighted by atomic mass is 15.2. The largest absolute Gasteiger partial charge is 0.311 e. The number of fused-ring (bicyclic) bond motifs is 5. The summed E-state index contributed by atoms with van der Waals surface area (Å²) < 4.78 is 0. The first kappa shape index (κ1) is 25.0. The van der Waals surface area contributed by atoms with E-state index >= 15 is 0 Å². The first-order valence-electron chi connectivity index (χ1n) is 16.0. The highest BCUT2D eigenvalue weighted by Gasteiger charge is 2.42. The Balaban J connectivity index is 1.24. The van der Waals surface area contributed by atoms with E-state index in [0.717, 1.165) is 0 Å². The minimum Gasteiger partial charge on any atom is -0.311 e. The van der Waals surface area contributed by atoms with Gasteiger partial charge in [0.1, 0.15) is 0 Å². The molecule has 0 aliphatic carbocycles. The van der Waals surface area contributed by atoms with E-state index in [4.69, 9.17) is 0 Å². The SMILES string of the molecule is Cc1cc(C)c(-c2cc3ccc4ccc(N5c6ccccc6B6c7ccccc7-c7cccc5c76)c5ccc(c2)c3c45)c(C)c1. The van der Waals surface area contributed by atoms with Crippen molar-refractivity contribution in [3.8, 4) is 22.3 Å².